The van der Waals surface area contributed by atoms with E-state index in [2.05, 4.69) is 35.6 Å². The van der Waals surface area contributed by atoms with Gasteiger partial charge in [0.25, 0.3) is 0 Å². The molecule has 1 amide bonds. The Morgan fingerprint density at radius 3 is 2.41 bits per heavy atom. The number of hydrogen-bond acceptors (Lipinski definition) is 8. The molecule has 168 valence electrons. The lowest BCUT2D eigenvalue weighted by Crippen LogP contribution is -2.15. The van der Waals surface area contributed by atoms with E-state index < -0.39 is 11.7 Å². The van der Waals surface area contributed by atoms with Gasteiger partial charge in [0.1, 0.15) is 11.6 Å². The van der Waals surface area contributed by atoms with Crippen molar-refractivity contribution in [1.82, 2.24) is 29.8 Å². The number of carbonyl (C=O) groups is 1. The number of amides is 1. The second kappa shape index (κ2) is 9.27. The zero-order valence-corrected chi connectivity index (χ0v) is 18.4. The largest absolute Gasteiger partial charge is 0.339 e. The Kier molecular flexibility index (Phi) is 6.68. The van der Waals surface area contributed by atoms with Crippen molar-refractivity contribution in [1.29, 1.82) is 0 Å². The van der Waals surface area contributed by atoms with E-state index in [1.165, 1.54) is 13.1 Å². The highest BCUT2D eigenvalue weighted by atomic mass is 19.3. The van der Waals surface area contributed by atoms with Crippen LogP contribution in [-0.2, 0) is 17.3 Å². The fourth-order valence-corrected chi connectivity index (χ4v) is 2.88. The molecule has 0 aliphatic carbocycles. The summed E-state index contributed by atoms with van der Waals surface area (Å²) in [4.78, 5) is 34.3. The molecule has 0 saturated heterocycles. The molecular formula is C21H24F2N8O. The van der Waals surface area contributed by atoms with Crippen molar-refractivity contribution in [3.05, 3.63) is 47.9 Å². The molecule has 9 nitrogen and oxygen atoms in total. The van der Waals surface area contributed by atoms with E-state index in [1.54, 1.807) is 31.5 Å². The maximum absolute atomic E-state index is 13.8. The van der Waals surface area contributed by atoms with Crippen molar-refractivity contribution in [2.24, 2.45) is 0 Å². The van der Waals surface area contributed by atoms with Crippen molar-refractivity contribution < 1.29 is 13.6 Å². The topological polar surface area (TPSA) is 109 Å². The summed E-state index contributed by atoms with van der Waals surface area (Å²) in [6.07, 6.45) is 4.79. The Hall–Kier alpha value is -3.60. The number of anilines is 3. The van der Waals surface area contributed by atoms with E-state index in [9.17, 15) is 13.6 Å². The smallest absolute Gasteiger partial charge is 0.303 e. The second-order valence-corrected chi connectivity index (χ2v) is 7.66. The third kappa shape index (κ3) is 5.97. The van der Waals surface area contributed by atoms with Gasteiger partial charge < -0.3 is 15.5 Å². The number of rotatable bonds is 7. The number of nitrogens with zero attached hydrogens (tertiary/aromatic N) is 6. The predicted octanol–water partition coefficient (Wildman–Crippen LogP) is 3.51. The monoisotopic (exact) mass is 442 g/mol. The molecule has 0 unspecified atom stereocenters. The van der Waals surface area contributed by atoms with Gasteiger partial charge in [0, 0.05) is 50.0 Å². The molecule has 0 saturated carbocycles. The Bertz CT molecular complexity index is 1110. The van der Waals surface area contributed by atoms with Gasteiger partial charge in [-0.25, -0.2) is 15.0 Å². The predicted molar refractivity (Wildman–Crippen MR) is 117 cm³/mol. The van der Waals surface area contributed by atoms with Gasteiger partial charge in [-0.2, -0.15) is 8.78 Å². The molecule has 0 bridgehead atoms. The molecule has 0 aliphatic heterocycles. The highest BCUT2D eigenvalue weighted by molar-refractivity contribution is 5.89. The van der Waals surface area contributed by atoms with Crippen LogP contribution in [0.1, 0.15) is 31.1 Å². The normalized spacial score (nSPS) is 11.5. The van der Waals surface area contributed by atoms with Gasteiger partial charge in [-0.15, -0.1) is 0 Å². The third-order valence-corrected chi connectivity index (χ3v) is 4.18. The maximum Gasteiger partial charge on any atom is 0.303 e. The molecule has 32 heavy (non-hydrogen) atoms. The molecule has 0 fully saturated rings. The molecule has 0 radical (unpaired) electrons. The second-order valence-electron chi connectivity index (χ2n) is 7.66. The van der Waals surface area contributed by atoms with E-state index in [-0.39, 0.29) is 17.5 Å². The number of carbonyl (C=O) groups excluding carboxylic acids is 1. The van der Waals surface area contributed by atoms with Crippen LogP contribution in [0.4, 0.5) is 26.1 Å². The summed E-state index contributed by atoms with van der Waals surface area (Å²) in [6, 6.07) is 3.12. The average Bonchev–Trinajstić information content (AvgIpc) is 2.67. The molecule has 3 rings (SSSR count). The molecule has 0 aromatic carbocycles. The summed E-state index contributed by atoms with van der Waals surface area (Å²) in [5.41, 5.74) is 2.71. The molecule has 3 aromatic heterocycles. The molecule has 2 N–H and O–H groups in total. The third-order valence-electron chi connectivity index (χ3n) is 4.18. The lowest BCUT2D eigenvalue weighted by atomic mass is 10.1. The average molecular weight is 442 g/mol. The zero-order valence-electron chi connectivity index (χ0n) is 18.4. The lowest BCUT2D eigenvalue weighted by Gasteiger charge is -2.15. The van der Waals surface area contributed by atoms with Gasteiger partial charge in [0.2, 0.25) is 11.7 Å². The van der Waals surface area contributed by atoms with Crippen LogP contribution in [0.2, 0.25) is 0 Å². The molecule has 3 heterocycles. The van der Waals surface area contributed by atoms with Crippen LogP contribution in [0, 0.1) is 6.92 Å². The molecule has 0 aliphatic rings. The van der Waals surface area contributed by atoms with Crippen LogP contribution in [0.5, 0.6) is 0 Å². The van der Waals surface area contributed by atoms with Crippen molar-refractivity contribution in [3.8, 4) is 11.3 Å². The standard InChI is InChI=1S/C21H24F2N8O/c1-12-6-19(30-20(27-12)21(3,22)23)29-16-7-18(28-13(2)32)26-9-15(16)17-10-24-14(8-25-17)11-31(4)5/h6-10H,11H2,1-5H3,(H2,26,27,28,29,30,32). The Morgan fingerprint density at radius 1 is 1.06 bits per heavy atom. The highest BCUT2D eigenvalue weighted by Crippen LogP contribution is 2.31. The summed E-state index contributed by atoms with van der Waals surface area (Å²) in [6.45, 7) is 4.34. The fourth-order valence-electron chi connectivity index (χ4n) is 2.88. The zero-order chi connectivity index (χ0) is 23.5. The quantitative estimate of drug-likeness (QED) is 0.572. The Morgan fingerprint density at radius 2 is 1.81 bits per heavy atom. The summed E-state index contributed by atoms with van der Waals surface area (Å²) >= 11 is 0. The first-order valence-electron chi connectivity index (χ1n) is 9.76. The van der Waals surface area contributed by atoms with Gasteiger partial charge in [-0.1, -0.05) is 0 Å². The van der Waals surface area contributed by atoms with Gasteiger partial charge in [-0.05, 0) is 21.0 Å². The van der Waals surface area contributed by atoms with Crippen LogP contribution < -0.4 is 10.6 Å². The number of aryl methyl sites for hydroxylation is 1. The number of halogens is 2. The highest BCUT2D eigenvalue weighted by Gasteiger charge is 2.29. The summed E-state index contributed by atoms with van der Waals surface area (Å²) in [5.74, 6) is -3.63. The Labute approximate surface area is 184 Å². The molecule has 11 heteroatoms. The van der Waals surface area contributed by atoms with Crippen LogP contribution in [0.3, 0.4) is 0 Å². The fraction of sp³-hybridized carbons (Fsp3) is 0.333. The van der Waals surface area contributed by atoms with Crippen molar-refractivity contribution in [2.45, 2.75) is 33.2 Å². The van der Waals surface area contributed by atoms with Gasteiger partial charge >= 0.3 is 5.92 Å². The first kappa shape index (κ1) is 23.1. The van der Waals surface area contributed by atoms with Crippen LogP contribution in [-0.4, -0.2) is 49.8 Å². The van der Waals surface area contributed by atoms with E-state index >= 15 is 0 Å². The number of pyridine rings is 1. The van der Waals surface area contributed by atoms with Gasteiger partial charge in [0.15, 0.2) is 0 Å². The van der Waals surface area contributed by atoms with E-state index in [0.29, 0.717) is 29.2 Å². The Balaban J connectivity index is 2.03. The summed E-state index contributed by atoms with van der Waals surface area (Å²) in [5, 5.41) is 5.64. The number of nitrogens with one attached hydrogen (secondary N) is 2. The number of aromatic nitrogens is 5. The number of alkyl halides is 2. The summed E-state index contributed by atoms with van der Waals surface area (Å²) < 4.78 is 27.6. The van der Waals surface area contributed by atoms with Crippen molar-refractivity contribution in [2.75, 3.05) is 24.7 Å². The molecular weight excluding hydrogens is 418 g/mol. The molecule has 0 atom stereocenters. The molecule has 3 aromatic rings. The minimum absolute atomic E-state index is 0.174. The van der Waals surface area contributed by atoms with Crippen LogP contribution in [0.25, 0.3) is 11.3 Å². The SMILES string of the molecule is CC(=O)Nc1cc(Nc2cc(C)nc(C(C)(F)F)n2)c(-c2cnc(CN(C)C)cn2)cn1. The minimum Gasteiger partial charge on any atom is -0.339 e. The van der Waals surface area contributed by atoms with Gasteiger partial charge in [-0.3, -0.25) is 14.8 Å². The van der Waals surface area contributed by atoms with Crippen molar-refractivity contribution in [3.63, 3.8) is 0 Å². The number of hydrogen-bond donors (Lipinski definition) is 2. The maximum atomic E-state index is 13.8. The van der Waals surface area contributed by atoms with E-state index in [1.807, 2.05) is 19.0 Å². The molecule has 0 spiro atoms. The first-order chi connectivity index (χ1) is 15.0. The first-order valence-corrected chi connectivity index (χ1v) is 9.76. The van der Waals surface area contributed by atoms with Gasteiger partial charge in [0.05, 0.1) is 29.5 Å². The van der Waals surface area contributed by atoms with E-state index in [0.717, 1.165) is 12.6 Å². The van der Waals surface area contributed by atoms with E-state index in [4.69, 9.17) is 0 Å². The van der Waals surface area contributed by atoms with Crippen molar-refractivity contribution >= 4 is 23.2 Å². The lowest BCUT2D eigenvalue weighted by molar-refractivity contribution is -0.114. The van der Waals surface area contributed by atoms with Crippen LogP contribution >= 0.6 is 0 Å². The minimum atomic E-state index is -3.20. The summed E-state index contributed by atoms with van der Waals surface area (Å²) in [7, 11) is 3.86. The van der Waals surface area contributed by atoms with Crippen LogP contribution in [0.15, 0.2) is 30.7 Å².